The highest BCUT2D eigenvalue weighted by Gasteiger charge is 2.23. The van der Waals surface area contributed by atoms with Gasteiger partial charge in [-0.15, -0.1) is 0 Å². The lowest BCUT2D eigenvalue weighted by Gasteiger charge is -2.17. The Hall–Kier alpha value is -3.08. The number of carbonyl (C=O) groups excluding carboxylic acids is 2. The second kappa shape index (κ2) is 9.27. The molecular formula is C20H21NO4. The molecule has 5 nitrogen and oxygen atoms in total. The zero-order valence-corrected chi connectivity index (χ0v) is 14.1. The molecule has 2 rings (SSSR count). The molecule has 5 heteroatoms. The lowest BCUT2D eigenvalue weighted by molar-refractivity contribution is -0.144. The quantitative estimate of drug-likeness (QED) is 0.593. The molecule has 0 fully saturated rings. The van der Waals surface area contributed by atoms with E-state index in [1.807, 2.05) is 6.07 Å². The number of hydrogen-bond acceptors (Lipinski definition) is 4. The Labute approximate surface area is 147 Å². The van der Waals surface area contributed by atoms with Crippen molar-refractivity contribution in [3.8, 4) is 5.75 Å². The first-order valence-electron chi connectivity index (χ1n) is 7.90. The fourth-order valence-corrected chi connectivity index (χ4v) is 2.30. The Kier molecular flexibility index (Phi) is 6.77. The third-order valence-electron chi connectivity index (χ3n) is 3.65. The van der Waals surface area contributed by atoms with Crippen LogP contribution in [0.2, 0.25) is 0 Å². The van der Waals surface area contributed by atoms with Crippen LogP contribution in [0.1, 0.15) is 21.8 Å². The highest BCUT2D eigenvalue weighted by molar-refractivity contribution is 5.94. The van der Waals surface area contributed by atoms with Crippen molar-refractivity contribution in [2.24, 2.45) is 0 Å². The maximum atomic E-state index is 12.4. The van der Waals surface area contributed by atoms with E-state index in [-0.39, 0.29) is 19.1 Å². The first kappa shape index (κ1) is 18.3. The largest absolute Gasteiger partial charge is 0.497 e. The summed E-state index contributed by atoms with van der Waals surface area (Å²) < 4.78 is 10.3. The predicted molar refractivity (Wildman–Crippen MR) is 95.7 cm³/mol. The van der Waals surface area contributed by atoms with Crippen LogP contribution in [-0.4, -0.2) is 32.1 Å². The minimum absolute atomic E-state index is 0.123. The van der Waals surface area contributed by atoms with Crippen LogP contribution in [-0.2, 0) is 9.53 Å². The summed E-state index contributed by atoms with van der Waals surface area (Å²) in [5.74, 6) is -0.581. The molecule has 1 amide bonds. The molecule has 2 aromatic rings. The fourth-order valence-electron chi connectivity index (χ4n) is 2.30. The molecule has 0 unspecified atom stereocenters. The molecule has 1 atom stereocenters. The second-order valence-electron chi connectivity index (χ2n) is 5.32. The third kappa shape index (κ3) is 5.21. The molecule has 0 bridgehead atoms. The maximum absolute atomic E-state index is 12.4. The van der Waals surface area contributed by atoms with Crippen LogP contribution < -0.4 is 10.1 Å². The summed E-state index contributed by atoms with van der Waals surface area (Å²) in [6.07, 6.45) is 1.51. The number of ether oxygens (including phenoxy) is 2. The Balaban J connectivity index is 2.11. The van der Waals surface area contributed by atoms with Gasteiger partial charge >= 0.3 is 5.97 Å². The van der Waals surface area contributed by atoms with Gasteiger partial charge < -0.3 is 14.8 Å². The van der Waals surface area contributed by atoms with Crippen molar-refractivity contribution in [2.45, 2.75) is 5.92 Å². The van der Waals surface area contributed by atoms with Crippen LogP contribution in [0.15, 0.2) is 67.3 Å². The van der Waals surface area contributed by atoms with Gasteiger partial charge in [-0.25, -0.2) is 0 Å². The monoisotopic (exact) mass is 339 g/mol. The summed E-state index contributed by atoms with van der Waals surface area (Å²) in [6.45, 7) is 3.80. The molecule has 0 saturated carbocycles. The van der Waals surface area contributed by atoms with E-state index in [9.17, 15) is 9.59 Å². The Morgan fingerprint density at radius 1 is 1.12 bits per heavy atom. The zero-order chi connectivity index (χ0) is 18.1. The molecule has 25 heavy (non-hydrogen) atoms. The van der Waals surface area contributed by atoms with Crippen LogP contribution in [0.3, 0.4) is 0 Å². The SMILES string of the molecule is C=CCOC(=O)[C@@H](CNC(=O)c1ccccc1)c1ccc(OC)cc1. The summed E-state index contributed by atoms with van der Waals surface area (Å²) in [7, 11) is 1.57. The molecule has 0 radical (unpaired) electrons. The molecule has 0 heterocycles. The molecule has 130 valence electrons. The third-order valence-corrected chi connectivity index (χ3v) is 3.65. The van der Waals surface area contributed by atoms with Gasteiger partial charge in [0.25, 0.3) is 5.91 Å². The molecule has 0 aliphatic heterocycles. The average molecular weight is 339 g/mol. The number of rotatable bonds is 8. The number of carbonyl (C=O) groups is 2. The van der Waals surface area contributed by atoms with E-state index in [0.717, 1.165) is 5.56 Å². The number of benzene rings is 2. The van der Waals surface area contributed by atoms with Crippen molar-refractivity contribution in [3.63, 3.8) is 0 Å². The van der Waals surface area contributed by atoms with Crippen molar-refractivity contribution < 1.29 is 19.1 Å². The van der Waals surface area contributed by atoms with Gasteiger partial charge in [0, 0.05) is 12.1 Å². The van der Waals surface area contributed by atoms with Crippen molar-refractivity contribution >= 4 is 11.9 Å². The summed E-state index contributed by atoms with van der Waals surface area (Å²) >= 11 is 0. The van der Waals surface area contributed by atoms with E-state index >= 15 is 0 Å². The van der Waals surface area contributed by atoms with Crippen molar-refractivity contribution in [1.82, 2.24) is 5.32 Å². The van der Waals surface area contributed by atoms with Crippen molar-refractivity contribution in [2.75, 3.05) is 20.3 Å². The summed E-state index contributed by atoms with van der Waals surface area (Å²) in [5, 5.41) is 2.79. The second-order valence-corrected chi connectivity index (χ2v) is 5.32. The summed E-state index contributed by atoms with van der Waals surface area (Å²) in [5.41, 5.74) is 1.28. The summed E-state index contributed by atoms with van der Waals surface area (Å²) in [6, 6.07) is 15.9. The molecule has 1 N–H and O–H groups in total. The van der Waals surface area contributed by atoms with Crippen molar-refractivity contribution in [1.29, 1.82) is 0 Å². The zero-order valence-electron chi connectivity index (χ0n) is 14.1. The standard InChI is InChI=1S/C20H21NO4/c1-3-13-25-20(23)18(15-9-11-17(24-2)12-10-15)14-21-19(22)16-7-5-4-6-8-16/h3-12,18H,1,13-14H2,2H3,(H,21,22)/t18-/m0/s1. The fraction of sp³-hybridized carbons (Fsp3) is 0.200. The highest BCUT2D eigenvalue weighted by Crippen LogP contribution is 2.20. The molecule has 0 aliphatic carbocycles. The molecular weight excluding hydrogens is 318 g/mol. The minimum Gasteiger partial charge on any atom is -0.497 e. The van der Waals surface area contributed by atoms with Gasteiger partial charge in [0.1, 0.15) is 12.4 Å². The average Bonchev–Trinajstić information content (AvgIpc) is 2.67. The molecule has 0 saturated heterocycles. The number of methoxy groups -OCH3 is 1. The van der Waals surface area contributed by atoms with Crippen molar-refractivity contribution in [3.05, 3.63) is 78.4 Å². The Bertz CT molecular complexity index is 710. The Morgan fingerprint density at radius 2 is 1.80 bits per heavy atom. The molecule has 0 aromatic heterocycles. The molecule has 0 spiro atoms. The van der Waals surface area contributed by atoms with E-state index in [1.165, 1.54) is 6.08 Å². The number of hydrogen-bond donors (Lipinski definition) is 1. The smallest absolute Gasteiger partial charge is 0.315 e. The van der Waals surface area contributed by atoms with E-state index in [1.54, 1.807) is 55.6 Å². The normalized spacial score (nSPS) is 11.2. The van der Waals surface area contributed by atoms with E-state index in [4.69, 9.17) is 9.47 Å². The summed E-state index contributed by atoms with van der Waals surface area (Å²) in [4.78, 5) is 24.6. The van der Waals surface area contributed by atoms with Gasteiger partial charge in [-0.05, 0) is 29.8 Å². The van der Waals surface area contributed by atoms with Gasteiger partial charge in [0.15, 0.2) is 0 Å². The van der Waals surface area contributed by atoms with E-state index in [2.05, 4.69) is 11.9 Å². The van der Waals surface area contributed by atoms with E-state index < -0.39 is 11.9 Å². The van der Waals surface area contributed by atoms with E-state index in [0.29, 0.717) is 11.3 Å². The highest BCUT2D eigenvalue weighted by atomic mass is 16.5. The number of nitrogens with one attached hydrogen (secondary N) is 1. The van der Waals surface area contributed by atoms with Crippen LogP contribution in [0.5, 0.6) is 5.75 Å². The van der Waals surface area contributed by atoms with Crippen LogP contribution in [0, 0.1) is 0 Å². The molecule has 2 aromatic carbocycles. The lowest BCUT2D eigenvalue weighted by atomic mass is 9.99. The van der Waals surface area contributed by atoms with Gasteiger partial charge in [0.2, 0.25) is 0 Å². The first-order valence-corrected chi connectivity index (χ1v) is 7.90. The number of amides is 1. The van der Waals surface area contributed by atoms with Gasteiger partial charge in [-0.3, -0.25) is 9.59 Å². The maximum Gasteiger partial charge on any atom is 0.315 e. The van der Waals surface area contributed by atoms with Gasteiger partial charge in [-0.2, -0.15) is 0 Å². The minimum atomic E-state index is -0.612. The van der Waals surface area contributed by atoms with Crippen LogP contribution in [0.25, 0.3) is 0 Å². The van der Waals surface area contributed by atoms with Gasteiger partial charge in [-0.1, -0.05) is 43.0 Å². The van der Waals surface area contributed by atoms with Crippen LogP contribution >= 0.6 is 0 Å². The van der Waals surface area contributed by atoms with Crippen LogP contribution in [0.4, 0.5) is 0 Å². The topological polar surface area (TPSA) is 64.6 Å². The predicted octanol–water partition coefficient (Wildman–Crippen LogP) is 2.94. The Morgan fingerprint density at radius 3 is 2.40 bits per heavy atom. The lowest BCUT2D eigenvalue weighted by Crippen LogP contribution is -2.32. The van der Waals surface area contributed by atoms with Gasteiger partial charge in [0.05, 0.1) is 13.0 Å². The number of esters is 1. The first-order chi connectivity index (χ1) is 12.2. The molecule has 0 aliphatic rings.